The maximum atomic E-state index is 11.8. The molecule has 7 nitrogen and oxygen atoms in total. The van der Waals surface area contributed by atoms with Crippen molar-refractivity contribution in [1.29, 1.82) is 0 Å². The molecule has 0 aliphatic rings. The van der Waals surface area contributed by atoms with Crippen LogP contribution in [0.1, 0.15) is 31.1 Å². The Balaban J connectivity index is 3.18. The molecule has 2 N–H and O–H groups in total. The molecule has 0 bridgehead atoms. The first-order chi connectivity index (χ1) is 8.62. The van der Waals surface area contributed by atoms with Gasteiger partial charge in [0.15, 0.2) is 0 Å². The first-order valence-electron chi connectivity index (χ1n) is 5.46. The average molecular weight is 266 g/mol. The van der Waals surface area contributed by atoms with Crippen molar-refractivity contribution in [3.05, 3.63) is 33.9 Å². The number of nitro groups is 1. The zero-order valence-corrected chi connectivity index (χ0v) is 10.8. The molecule has 1 aromatic carbocycles. The molecule has 1 rings (SSSR count). The van der Waals surface area contributed by atoms with Gasteiger partial charge in [0.25, 0.3) is 5.69 Å². The van der Waals surface area contributed by atoms with E-state index in [1.54, 1.807) is 20.8 Å². The Morgan fingerprint density at radius 3 is 2.32 bits per heavy atom. The second-order valence-corrected chi connectivity index (χ2v) is 5.00. The fourth-order valence-electron chi connectivity index (χ4n) is 1.24. The Hall–Kier alpha value is -2.44. The lowest BCUT2D eigenvalue weighted by Gasteiger charge is -2.18. The number of hydrogen-bond donors (Lipinski definition) is 2. The maximum Gasteiger partial charge on any atom is 0.338 e. The number of carbonyl (C=O) groups is 2. The lowest BCUT2D eigenvalue weighted by molar-refractivity contribution is -0.384. The molecule has 0 saturated carbocycles. The first kappa shape index (κ1) is 14.6. The van der Waals surface area contributed by atoms with Crippen molar-refractivity contribution in [2.75, 3.05) is 5.32 Å². The van der Waals surface area contributed by atoms with Gasteiger partial charge in [0, 0.05) is 17.5 Å². The molecular formula is C12H14N2O5. The van der Waals surface area contributed by atoms with Crippen LogP contribution in [0.4, 0.5) is 11.4 Å². The molecule has 1 amide bonds. The van der Waals surface area contributed by atoms with Crippen molar-refractivity contribution < 1.29 is 19.6 Å². The number of aromatic carboxylic acids is 1. The van der Waals surface area contributed by atoms with E-state index in [0.29, 0.717) is 0 Å². The summed E-state index contributed by atoms with van der Waals surface area (Å²) in [7, 11) is 0. The van der Waals surface area contributed by atoms with Gasteiger partial charge in [-0.3, -0.25) is 14.9 Å². The second kappa shape index (κ2) is 5.05. The number of nitro benzene ring substituents is 1. The standard InChI is InChI=1S/C12H14N2O5/c1-12(2,3)11(17)13-9-5-4-7(14(18)19)6-8(9)10(15)16/h4-6H,1-3H3,(H,13,17)(H,15,16). The lowest BCUT2D eigenvalue weighted by Crippen LogP contribution is -2.28. The Bertz CT molecular complexity index is 546. The Labute approximate surface area is 109 Å². The van der Waals surface area contributed by atoms with Gasteiger partial charge in [0.05, 0.1) is 16.2 Å². The van der Waals surface area contributed by atoms with Gasteiger partial charge >= 0.3 is 5.97 Å². The summed E-state index contributed by atoms with van der Waals surface area (Å²) in [5, 5.41) is 22.1. The number of rotatable bonds is 3. The number of amides is 1. The number of nitrogens with one attached hydrogen (secondary N) is 1. The van der Waals surface area contributed by atoms with Gasteiger partial charge in [-0.25, -0.2) is 4.79 Å². The summed E-state index contributed by atoms with van der Waals surface area (Å²) in [5.41, 5.74) is -1.31. The van der Waals surface area contributed by atoms with Crippen LogP contribution in [0.3, 0.4) is 0 Å². The minimum absolute atomic E-state index is 0.0398. The molecule has 0 heterocycles. The number of non-ortho nitro benzene ring substituents is 1. The molecule has 102 valence electrons. The van der Waals surface area contributed by atoms with Crippen LogP contribution >= 0.6 is 0 Å². The molecule has 19 heavy (non-hydrogen) atoms. The Morgan fingerprint density at radius 1 is 1.32 bits per heavy atom. The number of carboxylic acids is 1. The van der Waals surface area contributed by atoms with Crippen molar-refractivity contribution >= 4 is 23.3 Å². The summed E-state index contributed by atoms with van der Waals surface area (Å²) in [6.45, 7) is 5.02. The van der Waals surface area contributed by atoms with Gasteiger partial charge in [-0.05, 0) is 6.07 Å². The van der Waals surface area contributed by atoms with Crippen molar-refractivity contribution in [1.82, 2.24) is 0 Å². The van der Waals surface area contributed by atoms with Gasteiger partial charge in [-0.15, -0.1) is 0 Å². The van der Waals surface area contributed by atoms with E-state index in [2.05, 4.69) is 5.32 Å². The summed E-state index contributed by atoms with van der Waals surface area (Å²) in [4.78, 5) is 32.7. The van der Waals surface area contributed by atoms with Crippen molar-refractivity contribution in [2.24, 2.45) is 5.41 Å². The minimum atomic E-state index is -1.34. The summed E-state index contributed by atoms with van der Waals surface area (Å²) >= 11 is 0. The fraction of sp³-hybridized carbons (Fsp3) is 0.333. The molecular weight excluding hydrogens is 252 g/mol. The largest absolute Gasteiger partial charge is 0.478 e. The van der Waals surface area contributed by atoms with Gasteiger partial charge in [-0.2, -0.15) is 0 Å². The fourth-order valence-corrected chi connectivity index (χ4v) is 1.24. The Morgan fingerprint density at radius 2 is 1.89 bits per heavy atom. The van der Waals surface area contributed by atoms with Crippen LogP contribution in [0.2, 0.25) is 0 Å². The highest BCUT2D eigenvalue weighted by Gasteiger charge is 2.24. The van der Waals surface area contributed by atoms with Crippen molar-refractivity contribution in [3.8, 4) is 0 Å². The highest BCUT2D eigenvalue weighted by molar-refractivity contribution is 6.02. The lowest BCUT2D eigenvalue weighted by atomic mass is 9.95. The third-order valence-electron chi connectivity index (χ3n) is 2.37. The zero-order chi connectivity index (χ0) is 14.8. The van der Waals surface area contributed by atoms with Gasteiger partial charge in [-0.1, -0.05) is 20.8 Å². The predicted octanol–water partition coefficient (Wildman–Crippen LogP) is 2.28. The highest BCUT2D eigenvalue weighted by Crippen LogP contribution is 2.24. The number of hydrogen-bond acceptors (Lipinski definition) is 4. The average Bonchev–Trinajstić information content (AvgIpc) is 2.27. The molecule has 0 atom stereocenters. The number of carboxylic acid groups (broad SMARTS) is 1. The van der Waals surface area contributed by atoms with Crippen LogP contribution < -0.4 is 5.32 Å². The van der Waals surface area contributed by atoms with E-state index in [-0.39, 0.29) is 22.8 Å². The second-order valence-electron chi connectivity index (χ2n) is 5.00. The quantitative estimate of drug-likeness (QED) is 0.644. The highest BCUT2D eigenvalue weighted by atomic mass is 16.6. The van der Waals surface area contributed by atoms with Crippen molar-refractivity contribution in [3.63, 3.8) is 0 Å². The number of carbonyl (C=O) groups excluding carboxylic acids is 1. The molecule has 1 aromatic rings. The van der Waals surface area contributed by atoms with Crippen LogP contribution in [-0.4, -0.2) is 21.9 Å². The van der Waals surface area contributed by atoms with E-state index >= 15 is 0 Å². The molecule has 0 aliphatic heterocycles. The molecule has 0 spiro atoms. The van der Waals surface area contributed by atoms with Gasteiger partial charge in [0.2, 0.25) is 5.91 Å². The smallest absolute Gasteiger partial charge is 0.338 e. The van der Waals surface area contributed by atoms with E-state index < -0.39 is 16.3 Å². The number of anilines is 1. The minimum Gasteiger partial charge on any atom is -0.478 e. The van der Waals surface area contributed by atoms with Crippen LogP contribution in [-0.2, 0) is 4.79 Å². The predicted molar refractivity (Wildman–Crippen MR) is 68.1 cm³/mol. The van der Waals surface area contributed by atoms with E-state index in [9.17, 15) is 19.7 Å². The van der Waals surface area contributed by atoms with Crippen LogP contribution in [0.25, 0.3) is 0 Å². The molecule has 0 saturated heterocycles. The van der Waals surface area contributed by atoms with Crippen LogP contribution in [0.15, 0.2) is 18.2 Å². The van der Waals surface area contributed by atoms with E-state index in [0.717, 1.165) is 12.1 Å². The zero-order valence-electron chi connectivity index (χ0n) is 10.8. The molecule has 7 heteroatoms. The molecule has 0 aromatic heterocycles. The third-order valence-corrected chi connectivity index (χ3v) is 2.37. The SMILES string of the molecule is CC(C)(C)C(=O)Nc1ccc([N+](=O)[O-])cc1C(=O)O. The summed E-state index contributed by atoms with van der Waals surface area (Å²) in [5.74, 6) is -1.71. The molecule has 0 unspecified atom stereocenters. The normalized spacial score (nSPS) is 10.9. The summed E-state index contributed by atoms with van der Waals surface area (Å²) < 4.78 is 0. The van der Waals surface area contributed by atoms with Crippen LogP contribution in [0.5, 0.6) is 0 Å². The number of benzene rings is 1. The third kappa shape index (κ3) is 3.51. The molecule has 0 aliphatic carbocycles. The topological polar surface area (TPSA) is 110 Å². The van der Waals surface area contributed by atoms with E-state index in [1.807, 2.05) is 0 Å². The first-order valence-corrected chi connectivity index (χ1v) is 5.46. The maximum absolute atomic E-state index is 11.8. The molecule has 0 fully saturated rings. The van der Waals surface area contributed by atoms with E-state index in [1.165, 1.54) is 6.07 Å². The number of nitrogens with zero attached hydrogens (tertiary/aromatic N) is 1. The van der Waals surface area contributed by atoms with E-state index in [4.69, 9.17) is 5.11 Å². The van der Waals surface area contributed by atoms with Crippen LogP contribution in [0, 0.1) is 15.5 Å². The molecule has 0 radical (unpaired) electrons. The summed E-state index contributed by atoms with van der Waals surface area (Å²) in [6, 6.07) is 3.27. The monoisotopic (exact) mass is 266 g/mol. The van der Waals surface area contributed by atoms with Gasteiger partial charge < -0.3 is 10.4 Å². The Kier molecular flexibility index (Phi) is 3.89. The van der Waals surface area contributed by atoms with Gasteiger partial charge in [0.1, 0.15) is 0 Å². The van der Waals surface area contributed by atoms with Crippen molar-refractivity contribution in [2.45, 2.75) is 20.8 Å². The summed E-state index contributed by atoms with van der Waals surface area (Å²) in [6.07, 6.45) is 0.